The van der Waals surface area contributed by atoms with Gasteiger partial charge in [0, 0.05) is 16.5 Å². The molecule has 1 aromatic heterocycles. The topological polar surface area (TPSA) is 30.2 Å². The Bertz CT molecular complexity index is 666. The SMILES string of the molecule is O=Cc1ccc2oc(-c3ccccc3)cc2c1. The van der Waals surface area contributed by atoms with Gasteiger partial charge in [-0.15, -0.1) is 0 Å². The van der Waals surface area contributed by atoms with Crippen molar-refractivity contribution in [3.63, 3.8) is 0 Å². The van der Waals surface area contributed by atoms with E-state index in [9.17, 15) is 4.79 Å². The van der Waals surface area contributed by atoms with Gasteiger partial charge in [-0.3, -0.25) is 4.79 Å². The maximum Gasteiger partial charge on any atom is 0.150 e. The number of rotatable bonds is 2. The van der Waals surface area contributed by atoms with Gasteiger partial charge < -0.3 is 4.42 Å². The molecule has 0 N–H and O–H groups in total. The lowest BCUT2D eigenvalue weighted by atomic mass is 10.1. The van der Waals surface area contributed by atoms with E-state index in [1.807, 2.05) is 48.5 Å². The molecule has 0 amide bonds. The van der Waals surface area contributed by atoms with Crippen molar-refractivity contribution < 1.29 is 9.21 Å². The van der Waals surface area contributed by atoms with Gasteiger partial charge in [-0.05, 0) is 24.3 Å². The molecule has 0 spiro atoms. The first-order chi connectivity index (χ1) is 8.36. The smallest absolute Gasteiger partial charge is 0.150 e. The number of hydrogen-bond acceptors (Lipinski definition) is 2. The Morgan fingerprint density at radius 2 is 1.76 bits per heavy atom. The third-order valence-corrected chi connectivity index (χ3v) is 2.73. The fourth-order valence-corrected chi connectivity index (χ4v) is 1.88. The van der Waals surface area contributed by atoms with E-state index in [-0.39, 0.29) is 0 Å². The first kappa shape index (κ1) is 9.85. The first-order valence-corrected chi connectivity index (χ1v) is 5.41. The summed E-state index contributed by atoms with van der Waals surface area (Å²) < 4.78 is 5.74. The third-order valence-electron chi connectivity index (χ3n) is 2.73. The lowest BCUT2D eigenvalue weighted by Gasteiger charge is -1.93. The molecule has 0 aliphatic carbocycles. The molecular formula is C15H10O2. The standard InChI is InChI=1S/C15H10O2/c16-10-11-6-7-14-13(8-11)9-15(17-14)12-4-2-1-3-5-12/h1-10H. The van der Waals surface area contributed by atoms with Crippen LogP contribution >= 0.6 is 0 Å². The molecule has 2 aromatic carbocycles. The molecule has 0 fully saturated rings. The van der Waals surface area contributed by atoms with E-state index >= 15 is 0 Å². The summed E-state index contributed by atoms with van der Waals surface area (Å²) in [6, 6.07) is 17.3. The quantitative estimate of drug-likeness (QED) is 0.615. The Balaban J connectivity index is 2.17. The summed E-state index contributed by atoms with van der Waals surface area (Å²) >= 11 is 0. The first-order valence-electron chi connectivity index (χ1n) is 5.41. The minimum absolute atomic E-state index is 0.665. The third kappa shape index (κ3) is 1.74. The van der Waals surface area contributed by atoms with Crippen molar-refractivity contribution in [2.24, 2.45) is 0 Å². The number of benzene rings is 2. The molecule has 82 valence electrons. The molecule has 0 radical (unpaired) electrons. The molecule has 0 aliphatic heterocycles. The Morgan fingerprint density at radius 3 is 2.53 bits per heavy atom. The van der Waals surface area contributed by atoms with Crippen LogP contribution in [0.4, 0.5) is 0 Å². The molecule has 0 bridgehead atoms. The zero-order valence-electron chi connectivity index (χ0n) is 9.09. The van der Waals surface area contributed by atoms with E-state index in [1.165, 1.54) is 0 Å². The normalized spacial score (nSPS) is 10.6. The zero-order valence-corrected chi connectivity index (χ0v) is 9.09. The summed E-state index contributed by atoms with van der Waals surface area (Å²) in [7, 11) is 0. The van der Waals surface area contributed by atoms with E-state index in [1.54, 1.807) is 6.07 Å². The van der Waals surface area contributed by atoms with Crippen molar-refractivity contribution in [3.05, 3.63) is 60.2 Å². The van der Waals surface area contributed by atoms with Crippen molar-refractivity contribution in [1.82, 2.24) is 0 Å². The van der Waals surface area contributed by atoms with E-state index in [4.69, 9.17) is 4.42 Å². The van der Waals surface area contributed by atoms with Crippen LogP contribution in [0.2, 0.25) is 0 Å². The van der Waals surface area contributed by atoms with Gasteiger partial charge in [0.1, 0.15) is 17.6 Å². The molecule has 0 saturated heterocycles. The van der Waals surface area contributed by atoms with Crippen LogP contribution in [0.25, 0.3) is 22.3 Å². The van der Waals surface area contributed by atoms with Crippen LogP contribution < -0.4 is 0 Å². The molecule has 0 saturated carbocycles. The average Bonchev–Trinajstić information content (AvgIpc) is 2.82. The summed E-state index contributed by atoms with van der Waals surface area (Å²) in [5.74, 6) is 0.823. The highest BCUT2D eigenvalue weighted by Gasteiger charge is 2.05. The summed E-state index contributed by atoms with van der Waals surface area (Å²) in [6.45, 7) is 0. The maximum atomic E-state index is 10.7. The summed E-state index contributed by atoms with van der Waals surface area (Å²) in [4.78, 5) is 10.7. The second-order valence-electron chi connectivity index (χ2n) is 3.89. The molecule has 2 nitrogen and oxygen atoms in total. The van der Waals surface area contributed by atoms with Crippen LogP contribution in [0.5, 0.6) is 0 Å². The molecule has 3 rings (SSSR count). The lowest BCUT2D eigenvalue weighted by molar-refractivity contribution is 0.112. The maximum absolute atomic E-state index is 10.7. The van der Waals surface area contributed by atoms with Crippen LogP contribution in [0, 0.1) is 0 Å². The van der Waals surface area contributed by atoms with Gasteiger partial charge in [0.25, 0.3) is 0 Å². The van der Waals surface area contributed by atoms with Crippen molar-refractivity contribution >= 4 is 17.3 Å². The van der Waals surface area contributed by atoms with Crippen molar-refractivity contribution in [2.75, 3.05) is 0 Å². The highest BCUT2D eigenvalue weighted by molar-refractivity contribution is 5.88. The van der Waals surface area contributed by atoms with Gasteiger partial charge in [-0.2, -0.15) is 0 Å². The number of furan rings is 1. The molecule has 0 unspecified atom stereocenters. The van der Waals surface area contributed by atoms with Crippen LogP contribution in [0.15, 0.2) is 59.0 Å². The number of hydrogen-bond donors (Lipinski definition) is 0. The van der Waals surface area contributed by atoms with Crippen molar-refractivity contribution in [2.45, 2.75) is 0 Å². The summed E-state index contributed by atoms with van der Waals surface area (Å²) in [5, 5.41) is 0.952. The molecular weight excluding hydrogens is 212 g/mol. The van der Waals surface area contributed by atoms with Crippen LogP contribution in [0.1, 0.15) is 10.4 Å². The van der Waals surface area contributed by atoms with Gasteiger partial charge >= 0.3 is 0 Å². The minimum Gasteiger partial charge on any atom is -0.456 e. The number of aldehydes is 1. The molecule has 0 aliphatic rings. The van der Waals surface area contributed by atoms with Crippen LogP contribution in [-0.4, -0.2) is 6.29 Å². The average molecular weight is 222 g/mol. The van der Waals surface area contributed by atoms with Gasteiger partial charge in [0.2, 0.25) is 0 Å². The largest absolute Gasteiger partial charge is 0.456 e. The fraction of sp³-hybridized carbons (Fsp3) is 0. The monoisotopic (exact) mass is 222 g/mol. The summed E-state index contributed by atoms with van der Waals surface area (Å²) in [6.07, 6.45) is 0.842. The van der Waals surface area contributed by atoms with Gasteiger partial charge in [0.05, 0.1) is 0 Å². The highest BCUT2D eigenvalue weighted by atomic mass is 16.3. The lowest BCUT2D eigenvalue weighted by Crippen LogP contribution is -1.75. The molecule has 0 atom stereocenters. The van der Waals surface area contributed by atoms with Crippen LogP contribution in [0.3, 0.4) is 0 Å². The predicted octanol–water partition coefficient (Wildman–Crippen LogP) is 3.91. The number of carbonyl (C=O) groups excluding carboxylic acids is 1. The second kappa shape index (κ2) is 3.91. The molecule has 3 aromatic rings. The Kier molecular flexibility index (Phi) is 2.26. The Morgan fingerprint density at radius 1 is 0.941 bits per heavy atom. The highest BCUT2D eigenvalue weighted by Crippen LogP contribution is 2.27. The molecule has 1 heterocycles. The van der Waals surface area contributed by atoms with Gasteiger partial charge in [0.15, 0.2) is 0 Å². The van der Waals surface area contributed by atoms with E-state index in [0.29, 0.717) is 5.56 Å². The minimum atomic E-state index is 0.665. The Labute approximate surface area is 98.5 Å². The summed E-state index contributed by atoms with van der Waals surface area (Å²) in [5.41, 5.74) is 2.50. The van der Waals surface area contributed by atoms with Gasteiger partial charge in [-0.1, -0.05) is 30.3 Å². The van der Waals surface area contributed by atoms with Crippen molar-refractivity contribution in [1.29, 1.82) is 0 Å². The van der Waals surface area contributed by atoms with E-state index in [2.05, 4.69) is 0 Å². The fourth-order valence-electron chi connectivity index (χ4n) is 1.88. The molecule has 2 heteroatoms. The Hall–Kier alpha value is -2.35. The predicted molar refractivity (Wildman–Crippen MR) is 67.0 cm³/mol. The number of carbonyl (C=O) groups is 1. The zero-order chi connectivity index (χ0) is 11.7. The van der Waals surface area contributed by atoms with Crippen molar-refractivity contribution in [3.8, 4) is 11.3 Å². The van der Waals surface area contributed by atoms with E-state index < -0.39 is 0 Å². The van der Waals surface area contributed by atoms with Gasteiger partial charge in [-0.25, -0.2) is 0 Å². The number of fused-ring (bicyclic) bond motifs is 1. The van der Waals surface area contributed by atoms with Crippen LogP contribution in [-0.2, 0) is 0 Å². The molecule has 17 heavy (non-hydrogen) atoms. The van der Waals surface area contributed by atoms with E-state index in [0.717, 1.165) is 28.6 Å². The second-order valence-corrected chi connectivity index (χ2v) is 3.89.